The number of morpholine rings is 1. The van der Waals surface area contributed by atoms with E-state index in [2.05, 4.69) is 39.5 Å². The Hall–Kier alpha value is -2.64. The minimum atomic E-state index is -0.502. The van der Waals surface area contributed by atoms with E-state index in [1.165, 1.54) is 11.9 Å². The zero-order chi connectivity index (χ0) is 19.9. The van der Waals surface area contributed by atoms with Crippen molar-refractivity contribution in [3.63, 3.8) is 0 Å². The van der Waals surface area contributed by atoms with E-state index in [1.807, 2.05) is 13.0 Å². The lowest BCUT2D eigenvalue weighted by atomic mass is 9.98. The minimum absolute atomic E-state index is 0.00803. The second-order valence-corrected chi connectivity index (χ2v) is 7.02. The number of nitrogens with one attached hydrogen (secondary N) is 1. The Kier molecular flexibility index (Phi) is 6.84. The van der Waals surface area contributed by atoms with E-state index in [-0.39, 0.29) is 5.92 Å². The summed E-state index contributed by atoms with van der Waals surface area (Å²) in [6.45, 7) is 7.43. The Morgan fingerprint density at radius 2 is 2.07 bits per heavy atom. The molecule has 0 radical (unpaired) electrons. The standard InChI is InChI=1S/C21H29N5O2/c1-15(27)14-24-21-16(2)19(23-8-7-22)13-20(25-21)17-3-5-18(6-4-17)26-9-11-28-12-10-26/h3-8,13,15-16,23,27H,9-12,14,22H2,1-2H3/b8-7-,24-21?/t15-,16?/m0/s1. The van der Waals surface area contributed by atoms with Crippen molar-refractivity contribution in [3.8, 4) is 0 Å². The van der Waals surface area contributed by atoms with Crippen LogP contribution in [0.5, 0.6) is 0 Å². The highest BCUT2D eigenvalue weighted by atomic mass is 16.5. The molecule has 2 aliphatic rings. The van der Waals surface area contributed by atoms with Crippen molar-refractivity contribution in [3.05, 3.63) is 54.0 Å². The predicted molar refractivity (Wildman–Crippen MR) is 114 cm³/mol. The number of amidine groups is 1. The molecule has 2 aliphatic heterocycles. The van der Waals surface area contributed by atoms with Gasteiger partial charge in [0.2, 0.25) is 0 Å². The van der Waals surface area contributed by atoms with Gasteiger partial charge in [-0.1, -0.05) is 12.1 Å². The van der Waals surface area contributed by atoms with E-state index >= 15 is 0 Å². The van der Waals surface area contributed by atoms with Gasteiger partial charge in [-0.3, -0.25) is 4.99 Å². The van der Waals surface area contributed by atoms with E-state index in [0.717, 1.165) is 43.3 Å². The van der Waals surface area contributed by atoms with Crippen LogP contribution in [0.1, 0.15) is 19.4 Å². The maximum atomic E-state index is 9.59. The number of benzene rings is 1. The van der Waals surface area contributed by atoms with Gasteiger partial charge in [0, 0.05) is 42.4 Å². The molecule has 7 heteroatoms. The monoisotopic (exact) mass is 383 g/mol. The third-order valence-electron chi connectivity index (χ3n) is 4.78. The number of aliphatic hydroxyl groups excluding tert-OH is 1. The van der Waals surface area contributed by atoms with Gasteiger partial charge in [0.25, 0.3) is 0 Å². The summed E-state index contributed by atoms with van der Waals surface area (Å²) < 4.78 is 5.42. The Balaban J connectivity index is 1.87. The van der Waals surface area contributed by atoms with Crippen LogP contribution in [-0.4, -0.2) is 55.6 Å². The molecule has 0 aromatic heterocycles. The summed E-state index contributed by atoms with van der Waals surface area (Å²) in [5, 5.41) is 12.8. The van der Waals surface area contributed by atoms with Crippen LogP contribution in [0.15, 0.2) is 58.4 Å². The molecule has 0 spiro atoms. The lowest BCUT2D eigenvalue weighted by molar-refractivity contribution is 0.122. The number of nitrogens with zero attached hydrogens (tertiary/aromatic N) is 3. The first-order valence-electron chi connectivity index (χ1n) is 9.67. The molecule has 7 nitrogen and oxygen atoms in total. The number of hydrogen-bond acceptors (Lipinski definition) is 6. The number of aliphatic hydroxyl groups is 1. The molecule has 0 amide bonds. The van der Waals surface area contributed by atoms with Crippen LogP contribution in [0.25, 0.3) is 0 Å². The Morgan fingerprint density at radius 3 is 2.71 bits per heavy atom. The minimum Gasteiger partial charge on any atom is -0.403 e. The van der Waals surface area contributed by atoms with Gasteiger partial charge in [-0.2, -0.15) is 0 Å². The molecule has 1 aromatic rings. The molecule has 0 aliphatic carbocycles. The number of hydrogen-bond donors (Lipinski definition) is 3. The number of dihydropyridines is 1. The second-order valence-electron chi connectivity index (χ2n) is 7.02. The Morgan fingerprint density at radius 1 is 1.36 bits per heavy atom. The van der Waals surface area contributed by atoms with E-state index in [4.69, 9.17) is 15.5 Å². The van der Waals surface area contributed by atoms with Crippen LogP contribution in [0.4, 0.5) is 5.69 Å². The first kappa shape index (κ1) is 20.1. The normalized spacial score (nSPS) is 22.9. The quantitative estimate of drug-likeness (QED) is 0.694. The number of rotatable bonds is 6. The van der Waals surface area contributed by atoms with Gasteiger partial charge < -0.3 is 25.8 Å². The van der Waals surface area contributed by atoms with Crippen molar-refractivity contribution in [1.29, 1.82) is 0 Å². The topological polar surface area (TPSA) is 95.5 Å². The summed E-state index contributed by atoms with van der Waals surface area (Å²) >= 11 is 0. The first-order valence-corrected chi connectivity index (χ1v) is 9.67. The molecular weight excluding hydrogens is 354 g/mol. The molecule has 3 rings (SSSR count). The summed E-state index contributed by atoms with van der Waals surface area (Å²) in [6, 6.07) is 8.40. The van der Waals surface area contributed by atoms with E-state index in [1.54, 1.807) is 13.1 Å². The fourth-order valence-corrected chi connectivity index (χ4v) is 3.19. The van der Waals surface area contributed by atoms with Crippen LogP contribution < -0.4 is 16.0 Å². The number of allylic oxidation sites excluding steroid dienone is 1. The van der Waals surface area contributed by atoms with Crippen molar-refractivity contribution in [2.45, 2.75) is 20.0 Å². The molecule has 0 saturated carbocycles. The molecule has 2 atom stereocenters. The highest BCUT2D eigenvalue weighted by Gasteiger charge is 2.22. The average Bonchev–Trinajstić information content (AvgIpc) is 2.73. The fourth-order valence-electron chi connectivity index (χ4n) is 3.19. The Bertz CT molecular complexity index is 774. The summed E-state index contributed by atoms with van der Waals surface area (Å²) in [5.74, 6) is 0.690. The second kappa shape index (κ2) is 9.52. The number of nitrogens with two attached hydrogens (primary N) is 1. The molecule has 1 fully saturated rings. The lowest BCUT2D eigenvalue weighted by Crippen LogP contribution is -2.36. The maximum Gasteiger partial charge on any atom is 0.132 e. The predicted octanol–water partition coefficient (Wildman–Crippen LogP) is 1.64. The SMILES string of the molecule is CC1C(N/C=C\N)=CC(c2ccc(N3CCOCC3)cc2)=NC1=NC[C@H](C)O. The molecule has 1 aromatic carbocycles. The van der Waals surface area contributed by atoms with Crippen LogP contribution in [0.2, 0.25) is 0 Å². The van der Waals surface area contributed by atoms with Gasteiger partial charge in [-0.25, -0.2) is 4.99 Å². The van der Waals surface area contributed by atoms with Crippen LogP contribution >= 0.6 is 0 Å². The number of ether oxygens (including phenoxy) is 1. The summed E-state index contributed by atoms with van der Waals surface area (Å²) in [6.07, 6.45) is 4.68. The van der Waals surface area contributed by atoms with Crippen LogP contribution in [0.3, 0.4) is 0 Å². The largest absolute Gasteiger partial charge is 0.403 e. The molecular formula is C21H29N5O2. The third-order valence-corrected chi connectivity index (χ3v) is 4.78. The highest BCUT2D eigenvalue weighted by Crippen LogP contribution is 2.22. The summed E-state index contributed by atoms with van der Waals surface area (Å²) in [7, 11) is 0. The molecule has 0 bridgehead atoms. The van der Waals surface area contributed by atoms with Gasteiger partial charge >= 0.3 is 0 Å². The average molecular weight is 383 g/mol. The van der Waals surface area contributed by atoms with Gasteiger partial charge in [0.1, 0.15) is 5.84 Å². The molecule has 28 heavy (non-hydrogen) atoms. The van der Waals surface area contributed by atoms with E-state index in [0.29, 0.717) is 12.4 Å². The van der Waals surface area contributed by atoms with E-state index in [9.17, 15) is 5.11 Å². The number of anilines is 1. The molecule has 150 valence electrons. The van der Waals surface area contributed by atoms with Gasteiger partial charge in [-0.15, -0.1) is 0 Å². The zero-order valence-corrected chi connectivity index (χ0v) is 16.5. The molecule has 1 saturated heterocycles. The van der Waals surface area contributed by atoms with Gasteiger partial charge in [0.05, 0.1) is 37.5 Å². The third kappa shape index (κ3) is 4.99. The Labute approximate surface area is 166 Å². The van der Waals surface area contributed by atoms with Gasteiger partial charge in [0.15, 0.2) is 0 Å². The van der Waals surface area contributed by atoms with Crippen LogP contribution in [0, 0.1) is 5.92 Å². The van der Waals surface area contributed by atoms with Gasteiger partial charge in [-0.05, 0) is 32.1 Å². The van der Waals surface area contributed by atoms with Crippen LogP contribution in [-0.2, 0) is 4.74 Å². The molecule has 2 heterocycles. The number of aliphatic imine (C=N–C) groups is 2. The van der Waals surface area contributed by atoms with Crippen molar-refractivity contribution in [1.82, 2.24) is 5.32 Å². The highest BCUT2D eigenvalue weighted by molar-refractivity contribution is 6.17. The first-order chi connectivity index (χ1) is 13.6. The summed E-state index contributed by atoms with van der Waals surface area (Å²) in [4.78, 5) is 11.6. The van der Waals surface area contributed by atoms with E-state index < -0.39 is 6.10 Å². The van der Waals surface area contributed by atoms with Crippen molar-refractivity contribution >= 4 is 17.2 Å². The maximum absolute atomic E-state index is 9.59. The lowest BCUT2D eigenvalue weighted by Gasteiger charge is -2.29. The van der Waals surface area contributed by atoms with Crippen molar-refractivity contribution in [2.75, 3.05) is 37.7 Å². The fraction of sp³-hybridized carbons (Fsp3) is 0.429. The van der Waals surface area contributed by atoms with Crippen molar-refractivity contribution < 1.29 is 9.84 Å². The summed E-state index contributed by atoms with van der Waals surface area (Å²) in [5.41, 5.74) is 9.49. The smallest absolute Gasteiger partial charge is 0.132 e. The van der Waals surface area contributed by atoms with Crippen molar-refractivity contribution in [2.24, 2.45) is 21.6 Å². The molecule has 1 unspecified atom stereocenters. The zero-order valence-electron chi connectivity index (χ0n) is 16.5. The molecule has 4 N–H and O–H groups in total.